The van der Waals surface area contributed by atoms with E-state index in [0.717, 1.165) is 11.4 Å². The van der Waals surface area contributed by atoms with Crippen LogP contribution in [0.25, 0.3) is 0 Å². The maximum Gasteiger partial charge on any atom is 0.257 e. The van der Waals surface area contributed by atoms with E-state index in [4.69, 9.17) is 12.2 Å². The Morgan fingerprint density at radius 2 is 1.43 bits per heavy atom. The van der Waals surface area contributed by atoms with Gasteiger partial charge in [0.25, 0.3) is 5.91 Å². The summed E-state index contributed by atoms with van der Waals surface area (Å²) in [7, 11) is 0. The highest BCUT2D eigenvalue weighted by Crippen LogP contribution is 2.04. The van der Waals surface area contributed by atoms with Crippen molar-refractivity contribution in [2.45, 2.75) is 0 Å². The van der Waals surface area contributed by atoms with Crippen LogP contribution in [0, 0.1) is 0 Å². The summed E-state index contributed by atoms with van der Waals surface area (Å²) in [5.41, 5.74) is 6.91. The predicted molar refractivity (Wildman–Crippen MR) is 88.9 cm³/mol. The summed E-state index contributed by atoms with van der Waals surface area (Å²) in [4.78, 5) is 11.6. The molecule has 2 aromatic carbocycles. The molecule has 0 aliphatic carbocycles. The predicted octanol–water partition coefficient (Wildman–Crippen LogP) is 2.12. The van der Waals surface area contributed by atoms with Crippen LogP contribution in [0.2, 0.25) is 0 Å². The quantitative estimate of drug-likeness (QED) is 0.514. The number of thiocarbonyl (C=S) groups is 1. The Balaban J connectivity index is 1.68. The number of nitrogens with one attached hydrogen (secondary N) is 4. The number of hydrazine groups is 1. The lowest BCUT2D eigenvalue weighted by Gasteiger charge is -2.12. The molecule has 0 spiro atoms. The molecule has 0 radical (unpaired) electrons. The van der Waals surface area contributed by atoms with Gasteiger partial charge in [0.05, 0.1) is 6.54 Å². The second-order valence-corrected chi connectivity index (χ2v) is 4.62. The average Bonchev–Trinajstić information content (AvgIpc) is 2.53. The van der Waals surface area contributed by atoms with Crippen molar-refractivity contribution >= 4 is 34.6 Å². The highest BCUT2D eigenvalue weighted by atomic mass is 32.1. The topological polar surface area (TPSA) is 65.2 Å². The molecule has 0 aliphatic heterocycles. The van der Waals surface area contributed by atoms with Gasteiger partial charge in [-0.1, -0.05) is 36.4 Å². The van der Waals surface area contributed by atoms with Crippen LogP contribution in [0.15, 0.2) is 60.7 Å². The summed E-state index contributed by atoms with van der Waals surface area (Å²) in [5, 5.41) is 6.29. The third kappa shape index (κ3) is 5.50. The lowest BCUT2D eigenvalue weighted by Crippen LogP contribution is -2.45. The van der Waals surface area contributed by atoms with Crippen LogP contribution in [-0.4, -0.2) is 17.6 Å². The summed E-state index contributed by atoms with van der Waals surface area (Å²) in [6.07, 6.45) is 0. The van der Waals surface area contributed by atoms with E-state index >= 15 is 0 Å². The zero-order valence-corrected chi connectivity index (χ0v) is 12.1. The zero-order valence-electron chi connectivity index (χ0n) is 11.3. The van der Waals surface area contributed by atoms with Gasteiger partial charge in [0.1, 0.15) is 0 Å². The Labute approximate surface area is 128 Å². The van der Waals surface area contributed by atoms with Crippen molar-refractivity contribution in [1.82, 2.24) is 10.9 Å². The van der Waals surface area contributed by atoms with Crippen molar-refractivity contribution in [1.29, 1.82) is 0 Å². The summed E-state index contributed by atoms with van der Waals surface area (Å²) in [6, 6.07) is 19.0. The van der Waals surface area contributed by atoms with Gasteiger partial charge in [-0.25, -0.2) is 0 Å². The van der Waals surface area contributed by atoms with E-state index in [2.05, 4.69) is 21.5 Å². The number of carbonyl (C=O) groups excluding carboxylic acids is 1. The monoisotopic (exact) mass is 300 g/mol. The minimum Gasteiger partial charge on any atom is -0.376 e. The SMILES string of the molecule is O=C(CNc1ccccc1)NNC(=S)Nc1ccccc1. The van der Waals surface area contributed by atoms with E-state index in [1.54, 1.807) is 0 Å². The molecule has 0 atom stereocenters. The van der Waals surface area contributed by atoms with E-state index < -0.39 is 0 Å². The number of carbonyl (C=O) groups is 1. The van der Waals surface area contributed by atoms with Gasteiger partial charge in [0, 0.05) is 11.4 Å². The maximum absolute atomic E-state index is 11.6. The molecule has 0 heterocycles. The molecule has 5 nitrogen and oxygen atoms in total. The van der Waals surface area contributed by atoms with Crippen LogP contribution >= 0.6 is 12.2 Å². The summed E-state index contributed by atoms with van der Waals surface area (Å²) in [5.74, 6) is -0.212. The Morgan fingerprint density at radius 3 is 2.05 bits per heavy atom. The molecule has 0 unspecified atom stereocenters. The molecule has 0 saturated carbocycles. The van der Waals surface area contributed by atoms with E-state index in [9.17, 15) is 4.79 Å². The van der Waals surface area contributed by atoms with Crippen molar-refractivity contribution in [2.75, 3.05) is 17.2 Å². The molecule has 0 bridgehead atoms. The van der Waals surface area contributed by atoms with Gasteiger partial charge in [-0.2, -0.15) is 0 Å². The van der Waals surface area contributed by atoms with Crippen molar-refractivity contribution in [3.05, 3.63) is 60.7 Å². The zero-order chi connectivity index (χ0) is 14.9. The van der Waals surface area contributed by atoms with Crippen LogP contribution in [-0.2, 0) is 4.79 Å². The number of benzene rings is 2. The third-order valence-electron chi connectivity index (χ3n) is 2.57. The largest absolute Gasteiger partial charge is 0.376 e. The van der Waals surface area contributed by atoms with Gasteiger partial charge in [-0.05, 0) is 36.5 Å². The Kier molecular flexibility index (Phi) is 5.54. The molecule has 108 valence electrons. The smallest absolute Gasteiger partial charge is 0.257 e. The van der Waals surface area contributed by atoms with Gasteiger partial charge in [0.2, 0.25) is 0 Å². The van der Waals surface area contributed by atoms with E-state index in [1.807, 2.05) is 60.7 Å². The summed E-state index contributed by atoms with van der Waals surface area (Å²) in [6.45, 7) is 0.158. The molecule has 0 aliphatic rings. The normalized spacial score (nSPS) is 9.52. The van der Waals surface area contributed by atoms with Crippen molar-refractivity contribution in [3.8, 4) is 0 Å². The Morgan fingerprint density at radius 1 is 0.857 bits per heavy atom. The van der Waals surface area contributed by atoms with Crippen molar-refractivity contribution in [2.24, 2.45) is 0 Å². The molecule has 0 saturated heterocycles. The van der Waals surface area contributed by atoms with Crippen molar-refractivity contribution < 1.29 is 4.79 Å². The molecule has 21 heavy (non-hydrogen) atoms. The van der Waals surface area contributed by atoms with Crippen LogP contribution in [0.5, 0.6) is 0 Å². The highest BCUT2D eigenvalue weighted by molar-refractivity contribution is 7.80. The Hall–Kier alpha value is -2.60. The van der Waals surface area contributed by atoms with E-state index in [0.29, 0.717) is 5.11 Å². The molecule has 0 fully saturated rings. The Bertz CT molecular complexity index is 589. The second-order valence-electron chi connectivity index (χ2n) is 4.21. The fraction of sp³-hybridized carbons (Fsp3) is 0.0667. The lowest BCUT2D eigenvalue weighted by atomic mass is 10.3. The molecule has 4 N–H and O–H groups in total. The van der Waals surface area contributed by atoms with Crippen LogP contribution in [0.1, 0.15) is 0 Å². The first-order valence-corrected chi connectivity index (χ1v) is 6.84. The third-order valence-corrected chi connectivity index (χ3v) is 2.78. The number of anilines is 2. The number of para-hydroxylation sites is 2. The van der Waals surface area contributed by atoms with Crippen LogP contribution in [0.3, 0.4) is 0 Å². The van der Waals surface area contributed by atoms with Gasteiger partial charge in [-0.15, -0.1) is 0 Å². The molecular weight excluding hydrogens is 284 g/mol. The average molecular weight is 300 g/mol. The van der Waals surface area contributed by atoms with E-state index in [1.165, 1.54) is 0 Å². The van der Waals surface area contributed by atoms with Gasteiger partial charge < -0.3 is 10.6 Å². The van der Waals surface area contributed by atoms with Crippen molar-refractivity contribution in [3.63, 3.8) is 0 Å². The molecule has 2 aromatic rings. The molecule has 6 heteroatoms. The fourth-order valence-electron chi connectivity index (χ4n) is 1.59. The first-order valence-electron chi connectivity index (χ1n) is 6.44. The second kappa shape index (κ2) is 7.86. The van der Waals surface area contributed by atoms with Gasteiger partial charge >= 0.3 is 0 Å². The van der Waals surface area contributed by atoms with Gasteiger partial charge in [0.15, 0.2) is 5.11 Å². The number of amides is 1. The first-order chi connectivity index (χ1) is 10.2. The lowest BCUT2D eigenvalue weighted by molar-refractivity contribution is -0.119. The fourth-order valence-corrected chi connectivity index (χ4v) is 1.76. The van der Waals surface area contributed by atoms with Crippen LogP contribution < -0.4 is 21.5 Å². The molecule has 1 amide bonds. The highest BCUT2D eigenvalue weighted by Gasteiger charge is 2.02. The standard InChI is InChI=1S/C15H16N4OS/c20-14(11-16-12-7-3-1-4-8-12)18-19-15(21)17-13-9-5-2-6-10-13/h1-10,16H,11H2,(H,18,20)(H2,17,19,21). The molecule has 2 rings (SSSR count). The summed E-state index contributed by atoms with van der Waals surface area (Å²) < 4.78 is 0. The minimum absolute atomic E-state index is 0.158. The van der Waals surface area contributed by atoms with Gasteiger partial charge in [-0.3, -0.25) is 15.6 Å². The minimum atomic E-state index is -0.212. The first kappa shape index (κ1) is 14.8. The summed E-state index contributed by atoms with van der Waals surface area (Å²) >= 11 is 5.07. The number of hydrogen-bond acceptors (Lipinski definition) is 3. The van der Waals surface area contributed by atoms with Crippen LogP contribution in [0.4, 0.5) is 11.4 Å². The molecule has 0 aromatic heterocycles. The maximum atomic E-state index is 11.6. The number of hydrogen-bond donors (Lipinski definition) is 4. The number of rotatable bonds is 4. The molecular formula is C15H16N4OS. The van der Waals surface area contributed by atoms with E-state index in [-0.39, 0.29) is 12.5 Å².